The molecule has 3 rings (SSSR count). The van der Waals surface area contributed by atoms with Crippen molar-refractivity contribution < 1.29 is 22.7 Å². The maximum Gasteiger partial charge on any atom is 0.239 e. The molecule has 0 aliphatic rings. The Labute approximate surface area is 146 Å². The van der Waals surface area contributed by atoms with E-state index in [-0.39, 0.29) is 21.4 Å². The smallest absolute Gasteiger partial charge is 0.239 e. The van der Waals surface area contributed by atoms with Crippen LogP contribution in [0.1, 0.15) is 16.2 Å². The Morgan fingerprint density at radius 1 is 1.28 bits per heavy atom. The fourth-order valence-corrected chi connectivity index (χ4v) is 3.23. The minimum Gasteiger partial charge on any atom is -0.507 e. The summed E-state index contributed by atoms with van der Waals surface area (Å²) in [6.07, 6.45) is 3.05. The molecule has 0 saturated heterocycles. The van der Waals surface area contributed by atoms with E-state index in [2.05, 4.69) is 15.2 Å². The molecule has 2 heterocycles. The van der Waals surface area contributed by atoms with Gasteiger partial charge in [-0.1, -0.05) is 11.6 Å². The van der Waals surface area contributed by atoms with E-state index in [1.165, 1.54) is 24.3 Å². The van der Waals surface area contributed by atoms with Crippen molar-refractivity contribution in [3.63, 3.8) is 0 Å². The highest BCUT2D eigenvalue weighted by atomic mass is 35.5. The van der Waals surface area contributed by atoms with E-state index >= 15 is 0 Å². The monoisotopic (exact) mass is 379 g/mol. The van der Waals surface area contributed by atoms with Crippen LogP contribution in [0.15, 0.2) is 63.4 Å². The summed E-state index contributed by atoms with van der Waals surface area (Å²) in [6, 6.07) is 6.66. The van der Waals surface area contributed by atoms with Gasteiger partial charge < -0.3 is 9.52 Å². The number of benzene rings is 1. The Morgan fingerprint density at radius 3 is 2.64 bits per heavy atom. The van der Waals surface area contributed by atoms with Crippen LogP contribution in [0, 0.1) is 0 Å². The van der Waals surface area contributed by atoms with Crippen LogP contribution in [-0.4, -0.2) is 34.5 Å². The minimum absolute atomic E-state index is 0.0148. The number of aliphatic hydroxyl groups is 1. The van der Waals surface area contributed by atoms with Crippen molar-refractivity contribution in [3.8, 4) is 0 Å². The summed E-state index contributed by atoms with van der Waals surface area (Å²) in [7, 11) is -3.92. The van der Waals surface area contributed by atoms with E-state index in [0.717, 1.165) is 24.7 Å². The van der Waals surface area contributed by atoms with Crippen LogP contribution >= 0.6 is 11.6 Å². The number of halogens is 1. The number of sulfone groups is 1. The molecular weight excluding hydrogens is 370 g/mol. The lowest BCUT2D eigenvalue weighted by molar-refractivity contribution is 0.103. The number of nitrogens with one attached hydrogen (secondary N) is 1. The standard InChI is InChI=1S/C15H10ClN3O5S/c16-10-1-3-11(4-2-10)25(22,23)14-5-9(7-24-14)12(20)6-13(21)15-17-8-18-19-15/h1-8,20H,(H,17,18,19). The third-order valence-corrected chi connectivity index (χ3v) is 5.06. The number of H-pyrrole nitrogens is 1. The van der Waals surface area contributed by atoms with Crippen molar-refractivity contribution in [1.82, 2.24) is 15.2 Å². The minimum atomic E-state index is -3.92. The largest absolute Gasteiger partial charge is 0.507 e. The number of rotatable bonds is 5. The van der Waals surface area contributed by atoms with Crippen LogP contribution in [0.2, 0.25) is 5.02 Å². The Morgan fingerprint density at radius 2 is 2.00 bits per heavy atom. The normalized spacial score (nSPS) is 12.3. The molecule has 0 radical (unpaired) electrons. The SMILES string of the molecule is O=C(C=C(O)c1coc(S(=O)(=O)c2ccc(Cl)cc2)c1)c1ncn[nH]1. The fraction of sp³-hybridized carbons (Fsp3) is 0. The molecule has 25 heavy (non-hydrogen) atoms. The van der Waals surface area contributed by atoms with Crippen LogP contribution < -0.4 is 0 Å². The number of aliphatic hydroxyl groups excluding tert-OH is 1. The number of hydrogen-bond acceptors (Lipinski definition) is 7. The number of allylic oxidation sites excluding steroid dienone is 1. The maximum absolute atomic E-state index is 12.5. The van der Waals surface area contributed by atoms with Crippen molar-refractivity contribution in [1.29, 1.82) is 0 Å². The molecule has 128 valence electrons. The number of aromatic amines is 1. The summed E-state index contributed by atoms with van der Waals surface area (Å²) >= 11 is 5.74. The van der Waals surface area contributed by atoms with Gasteiger partial charge in [0.15, 0.2) is 5.82 Å². The van der Waals surface area contributed by atoms with Gasteiger partial charge in [-0.2, -0.15) is 5.10 Å². The zero-order valence-electron chi connectivity index (χ0n) is 12.4. The summed E-state index contributed by atoms with van der Waals surface area (Å²) in [5.74, 6) is -1.16. The zero-order chi connectivity index (χ0) is 18.0. The molecule has 3 aromatic rings. The Balaban J connectivity index is 1.89. The number of nitrogens with zero attached hydrogens (tertiary/aromatic N) is 2. The number of ketones is 1. The maximum atomic E-state index is 12.5. The summed E-state index contributed by atoms with van der Waals surface area (Å²) < 4.78 is 30.0. The van der Waals surface area contributed by atoms with E-state index in [1.54, 1.807) is 0 Å². The summed E-state index contributed by atoms with van der Waals surface area (Å²) in [6.45, 7) is 0. The average molecular weight is 380 g/mol. The topological polar surface area (TPSA) is 126 Å². The lowest BCUT2D eigenvalue weighted by atomic mass is 10.2. The number of hydrogen-bond donors (Lipinski definition) is 2. The Bertz CT molecular complexity index is 1040. The zero-order valence-corrected chi connectivity index (χ0v) is 14.0. The van der Waals surface area contributed by atoms with Gasteiger partial charge in [-0.15, -0.1) is 0 Å². The van der Waals surface area contributed by atoms with E-state index in [9.17, 15) is 18.3 Å². The highest BCUT2D eigenvalue weighted by Gasteiger charge is 2.23. The molecule has 0 bridgehead atoms. The first-order chi connectivity index (χ1) is 11.9. The van der Waals surface area contributed by atoms with Crippen LogP contribution in [0.25, 0.3) is 5.76 Å². The third kappa shape index (κ3) is 3.47. The summed E-state index contributed by atoms with van der Waals surface area (Å²) in [5.41, 5.74) is 0.0282. The first kappa shape index (κ1) is 16.9. The van der Waals surface area contributed by atoms with Gasteiger partial charge in [0.2, 0.25) is 20.7 Å². The lowest BCUT2D eigenvalue weighted by Crippen LogP contribution is -2.00. The third-order valence-electron chi connectivity index (χ3n) is 3.18. The van der Waals surface area contributed by atoms with Crippen LogP contribution in [0.4, 0.5) is 0 Å². The van der Waals surface area contributed by atoms with Gasteiger partial charge in [0, 0.05) is 17.2 Å². The number of furan rings is 1. The molecule has 1 aromatic carbocycles. The first-order valence-electron chi connectivity index (χ1n) is 6.78. The molecule has 0 spiro atoms. The molecule has 0 amide bonds. The second kappa shape index (κ2) is 6.54. The molecule has 0 aliphatic heterocycles. The molecule has 2 aromatic heterocycles. The van der Waals surface area contributed by atoms with Crippen molar-refractivity contribution in [2.75, 3.05) is 0 Å². The van der Waals surface area contributed by atoms with Crippen LogP contribution in [-0.2, 0) is 9.84 Å². The molecule has 0 fully saturated rings. The van der Waals surface area contributed by atoms with Crippen LogP contribution in [0.3, 0.4) is 0 Å². The molecule has 0 saturated carbocycles. The van der Waals surface area contributed by atoms with Crippen LogP contribution in [0.5, 0.6) is 0 Å². The number of carbonyl (C=O) groups is 1. The molecule has 2 N–H and O–H groups in total. The highest BCUT2D eigenvalue weighted by molar-refractivity contribution is 7.91. The van der Waals surface area contributed by atoms with Crippen molar-refractivity contribution in [2.45, 2.75) is 9.99 Å². The first-order valence-corrected chi connectivity index (χ1v) is 8.64. The summed E-state index contributed by atoms with van der Waals surface area (Å²) in [5, 5.41) is 15.9. The van der Waals surface area contributed by atoms with Crippen molar-refractivity contribution >= 4 is 33.0 Å². The number of aromatic nitrogens is 3. The quantitative estimate of drug-likeness (QED) is 0.396. The average Bonchev–Trinajstić information content (AvgIpc) is 3.27. The van der Waals surface area contributed by atoms with E-state index in [4.69, 9.17) is 16.0 Å². The van der Waals surface area contributed by atoms with Gasteiger partial charge in [0.1, 0.15) is 18.3 Å². The fourth-order valence-electron chi connectivity index (χ4n) is 1.92. The molecule has 0 unspecified atom stereocenters. The second-order valence-corrected chi connectivity index (χ2v) is 7.16. The van der Waals surface area contributed by atoms with Gasteiger partial charge in [-0.25, -0.2) is 13.4 Å². The van der Waals surface area contributed by atoms with Gasteiger partial charge >= 0.3 is 0 Å². The number of carbonyl (C=O) groups excluding carboxylic acids is 1. The predicted octanol–water partition coefficient (Wildman–Crippen LogP) is 2.67. The van der Waals surface area contributed by atoms with Gasteiger partial charge in [-0.3, -0.25) is 9.89 Å². The molecule has 0 atom stereocenters. The van der Waals surface area contributed by atoms with E-state index in [1.807, 2.05) is 0 Å². The van der Waals surface area contributed by atoms with E-state index < -0.39 is 21.4 Å². The molecule has 0 aliphatic carbocycles. The predicted molar refractivity (Wildman–Crippen MR) is 86.9 cm³/mol. The van der Waals surface area contributed by atoms with Gasteiger partial charge in [0.05, 0.1) is 10.5 Å². The van der Waals surface area contributed by atoms with Crippen molar-refractivity contribution in [3.05, 3.63) is 65.4 Å². The molecule has 10 heteroatoms. The second-order valence-electron chi connectivity index (χ2n) is 4.84. The van der Waals surface area contributed by atoms with Gasteiger partial charge in [-0.05, 0) is 24.3 Å². The Hall–Kier alpha value is -2.91. The molecule has 8 nitrogen and oxygen atoms in total. The Kier molecular flexibility index (Phi) is 4.43. The van der Waals surface area contributed by atoms with Gasteiger partial charge in [0.25, 0.3) is 0 Å². The highest BCUT2D eigenvalue weighted by Crippen LogP contribution is 2.26. The molecular formula is C15H10ClN3O5S. The van der Waals surface area contributed by atoms with Crippen molar-refractivity contribution in [2.24, 2.45) is 0 Å². The van der Waals surface area contributed by atoms with E-state index in [0.29, 0.717) is 5.02 Å². The lowest BCUT2D eigenvalue weighted by Gasteiger charge is -2.00. The summed E-state index contributed by atoms with van der Waals surface area (Å²) in [4.78, 5) is 15.5.